The molecule has 2 nitrogen and oxygen atoms in total. The van der Waals surface area contributed by atoms with E-state index in [2.05, 4.69) is 12.1 Å². The summed E-state index contributed by atoms with van der Waals surface area (Å²) in [6, 6.07) is 10.2. The molecule has 0 aliphatic carbocycles. The standard InChI is InChI=1S/C10H13NOS/c1-11(9-12)7-8-13-10-5-3-2-4-6-10/h2-6,9H,7-8H2,1H3. The summed E-state index contributed by atoms with van der Waals surface area (Å²) in [5.41, 5.74) is 0. The van der Waals surface area contributed by atoms with E-state index in [0.717, 1.165) is 18.7 Å². The van der Waals surface area contributed by atoms with Crippen LogP contribution in [0.15, 0.2) is 35.2 Å². The van der Waals surface area contributed by atoms with E-state index in [1.54, 1.807) is 23.7 Å². The molecule has 0 aromatic heterocycles. The topological polar surface area (TPSA) is 20.3 Å². The molecule has 3 heteroatoms. The lowest BCUT2D eigenvalue weighted by molar-refractivity contribution is -0.116. The first-order valence-corrected chi connectivity index (χ1v) is 5.15. The van der Waals surface area contributed by atoms with Crippen LogP contribution in [0.4, 0.5) is 0 Å². The number of hydrogen-bond donors (Lipinski definition) is 0. The Bertz CT molecular complexity index is 250. The summed E-state index contributed by atoms with van der Waals surface area (Å²) in [7, 11) is 1.79. The number of nitrogens with zero attached hydrogens (tertiary/aromatic N) is 1. The van der Waals surface area contributed by atoms with Crippen molar-refractivity contribution in [2.45, 2.75) is 4.90 Å². The third-order valence-electron chi connectivity index (χ3n) is 1.64. The molecular weight excluding hydrogens is 182 g/mol. The zero-order valence-corrected chi connectivity index (χ0v) is 8.46. The van der Waals surface area contributed by atoms with Gasteiger partial charge in [-0.3, -0.25) is 4.79 Å². The fourth-order valence-electron chi connectivity index (χ4n) is 0.877. The van der Waals surface area contributed by atoms with E-state index in [0.29, 0.717) is 0 Å². The van der Waals surface area contributed by atoms with Crippen molar-refractivity contribution in [1.82, 2.24) is 4.90 Å². The van der Waals surface area contributed by atoms with Gasteiger partial charge in [0.2, 0.25) is 6.41 Å². The molecule has 0 spiro atoms. The highest BCUT2D eigenvalue weighted by molar-refractivity contribution is 7.99. The SMILES string of the molecule is CN(C=O)CCSc1ccccc1. The Labute approximate surface area is 82.9 Å². The van der Waals surface area contributed by atoms with Gasteiger partial charge in [-0.1, -0.05) is 18.2 Å². The first-order valence-electron chi connectivity index (χ1n) is 4.16. The maximum atomic E-state index is 10.3. The Hall–Kier alpha value is -0.960. The highest BCUT2D eigenvalue weighted by Crippen LogP contribution is 2.16. The molecule has 0 saturated carbocycles. The molecule has 13 heavy (non-hydrogen) atoms. The van der Waals surface area contributed by atoms with Crippen molar-refractivity contribution in [3.63, 3.8) is 0 Å². The van der Waals surface area contributed by atoms with Gasteiger partial charge in [0.1, 0.15) is 0 Å². The molecule has 0 radical (unpaired) electrons. The van der Waals surface area contributed by atoms with Gasteiger partial charge in [0.05, 0.1) is 0 Å². The van der Waals surface area contributed by atoms with Gasteiger partial charge < -0.3 is 4.90 Å². The third-order valence-corrected chi connectivity index (χ3v) is 2.63. The first kappa shape index (κ1) is 10.1. The molecule has 0 N–H and O–H groups in total. The molecular formula is C10H13NOS. The fraction of sp³-hybridized carbons (Fsp3) is 0.300. The monoisotopic (exact) mass is 195 g/mol. The van der Waals surface area contributed by atoms with Gasteiger partial charge in [-0.25, -0.2) is 0 Å². The Morgan fingerprint density at radius 2 is 2.08 bits per heavy atom. The Morgan fingerprint density at radius 1 is 1.38 bits per heavy atom. The first-order chi connectivity index (χ1) is 6.33. The molecule has 0 unspecified atom stereocenters. The Morgan fingerprint density at radius 3 is 2.69 bits per heavy atom. The lowest BCUT2D eigenvalue weighted by Crippen LogP contribution is -2.18. The zero-order valence-electron chi connectivity index (χ0n) is 7.64. The van der Waals surface area contributed by atoms with Crippen molar-refractivity contribution < 1.29 is 4.79 Å². The predicted octanol–water partition coefficient (Wildman–Crippen LogP) is 1.87. The summed E-state index contributed by atoms with van der Waals surface area (Å²) in [4.78, 5) is 13.2. The Kier molecular flexibility index (Phi) is 4.40. The number of carbonyl (C=O) groups is 1. The third kappa shape index (κ3) is 3.99. The summed E-state index contributed by atoms with van der Waals surface area (Å²) in [5.74, 6) is 0.944. The van der Waals surface area contributed by atoms with Gasteiger partial charge in [-0.15, -0.1) is 11.8 Å². The van der Waals surface area contributed by atoms with Crippen LogP contribution in [-0.2, 0) is 4.79 Å². The van der Waals surface area contributed by atoms with Crippen molar-refractivity contribution in [3.05, 3.63) is 30.3 Å². The molecule has 0 fully saturated rings. The second-order valence-corrected chi connectivity index (χ2v) is 3.92. The summed E-state index contributed by atoms with van der Waals surface area (Å²) < 4.78 is 0. The van der Waals surface area contributed by atoms with Gasteiger partial charge >= 0.3 is 0 Å². The van der Waals surface area contributed by atoms with Crippen LogP contribution in [0.3, 0.4) is 0 Å². The van der Waals surface area contributed by atoms with E-state index in [4.69, 9.17) is 0 Å². The largest absolute Gasteiger partial charge is 0.347 e. The van der Waals surface area contributed by atoms with Crippen LogP contribution in [0, 0.1) is 0 Å². The quantitative estimate of drug-likeness (QED) is 0.528. The fourth-order valence-corrected chi connectivity index (χ4v) is 1.84. The van der Waals surface area contributed by atoms with E-state index < -0.39 is 0 Å². The number of hydrogen-bond acceptors (Lipinski definition) is 2. The second kappa shape index (κ2) is 5.65. The lowest BCUT2D eigenvalue weighted by atomic mass is 10.4. The summed E-state index contributed by atoms with van der Waals surface area (Å²) in [6.45, 7) is 0.795. The van der Waals surface area contributed by atoms with Crippen molar-refractivity contribution in [2.75, 3.05) is 19.3 Å². The van der Waals surface area contributed by atoms with E-state index in [1.165, 1.54) is 4.90 Å². The molecule has 0 heterocycles. The van der Waals surface area contributed by atoms with Gasteiger partial charge in [0, 0.05) is 24.2 Å². The minimum Gasteiger partial charge on any atom is -0.347 e. The molecule has 70 valence electrons. The van der Waals surface area contributed by atoms with Gasteiger partial charge in [-0.2, -0.15) is 0 Å². The Balaban J connectivity index is 2.24. The lowest BCUT2D eigenvalue weighted by Gasteiger charge is -2.09. The number of benzene rings is 1. The minimum absolute atomic E-state index is 0.795. The van der Waals surface area contributed by atoms with Crippen LogP contribution < -0.4 is 0 Å². The van der Waals surface area contributed by atoms with Crippen LogP contribution in [0.2, 0.25) is 0 Å². The summed E-state index contributed by atoms with van der Waals surface area (Å²) in [5, 5.41) is 0. The van der Waals surface area contributed by atoms with Crippen LogP contribution in [-0.4, -0.2) is 30.7 Å². The molecule has 0 bridgehead atoms. The number of amides is 1. The van der Waals surface area contributed by atoms with Crippen molar-refractivity contribution in [2.24, 2.45) is 0 Å². The maximum absolute atomic E-state index is 10.3. The van der Waals surface area contributed by atoms with Crippen LogP contribution in [0.5, 0.6) is 0 Å². The molecule has 1 amide bonds. The van der Waals surface area contributed by atoms with E-state index in [-0.39, 0.29) is 0 Å². The zero-order chi connectivity index (χ0) is 9.52. The van der Waals surface area contributed by atoms with Gasteiger partial charge in [0.25, 0.3) is 0 Å². The van der Waals surface area contributed by atoms with E-state index in [1.807, 2.05) is 18.2 Å². The van der Waals surface area contributed by atoms with Crippen LogP contribution >= 0.6 is 11.8 Å². The summed E-state index contributed by atoms with van der Waals surface area (Å²) in [6.07, 6.45) is 0.853. The highest BCUT2D eigenvalue weighted by Gasteiger charge is 1.94. The molecule has 0 aliphatic heterocycles. The molecule has 0 aliphatic rings. The number of thioether (sulfide) groups is 1. The predicted molar refractivity (Wildman–Crippen MR) is 55.9 cm³/mol. The van der Waals surface area contributed by atoms with Crippen molar-refractivity contribution in [3.8, 4) is 0 Å². The molecule has 0 saturated heterocycles. The van der Waals surface area contributed by atoms with Crippen molar-refractivity contribution >= 4 is 18.2 Å². The average Bonchev–Trinajstić information content (AvgIpc) is 2.19. The molecule has 0 atom stereocenters. The number of carbonyl (C=O) groups excluding carboxylic acids is 1. The van der Waals surface area contributed by atoms with Gasteiger partial charge in [0.15, 0.2) is 0 Å². The van der Waals surface area contributed by atoms with Crippen LogP contribution in [0.1, 0.15) is 0 Å². The smallest absolute Gasteiger partial charge is 0.209 e. The normalized spacial score (nSPS) is 9.62. The van der Waals surface area contributed by atoms with Crippen molar-refractivity contribution in [1.29, 1.82) is 0 Å². The van der Waals surface area contributed by atoms with E-state index >= 15 is 0 Å². The second-order valence-electron chi connectivity index (χ2n) is 2.75. The summed E-state index contributed by atoms with van der Waals surface area (Å²) >= 11 is 1.76. The molecule has 1 rings (SSSR count). The maximum Gasteiger partial charge on any atom is 0.209 e. The van der Waals surface area contributed by atoms with Crippen LogP contribution in [0.25, 0.3) is 0 Å². The molecule has 1 aromatic carbocycles. The average molecular weight is 195 g/mol. The number of rotatable bonds is 5. The molecule has 1 aromatic rings. The minimum atomic E-state index is 0.795. The van der Waals surface area contributed by atoms with E-state index in [9.17, 15) is 4.79 Å². The highest BCUT2D eigenvalue weighted by atomic mass is 32.2. The van der Waals surface area contributed by atoms with Gasteiger partial charge in [-0.05, 0) is 12.1 Å².